The lowest BCUT2D eigenvalue weighted by Crippen LogP contribution is -2.26. The predicted molar refractivity (Wildman–Crippen MR) is 137 cm³/mol. The topological polar surface area (TPSA) is 121 Å². The molecule has 9 nitrogen and oxygen atoms in total. The smallest absolute Gasteiger partial charge is 0.182 e. The number of hydrogen-bond acceptors (Lipinski definition) is 8. The van der Waals surface area contributed by atoms with Gasteiger partial charge in [-0.25, -0.2) is 14.6 Å². The van der Waals surface area contributed by atoms with E-state index in [-0.39, 0.29) is 12.8 Å². The molecule has 2 aliphatic heterocycles. The Morgan fingerprint density at radius 2 is 2.11 bits per heavy atom. The molecule has 0 radical (unpaired) electrons. The Labute approximate surface area is 205 Å². The molecule has 4 N–H and O–H groups in total. The van der Waals surface area contributed by atoms with Gasteiger partial charge < -0.3 is 25.9 Å². The number of aliphatic hydroxyl groups excluding tert-OH is 1. The van der Waals surface area contributed by atoms with Crippen molar-refractivity contribution in [1.29, 1.82) is 5.41 Å². The third-order valence-corrected chi connectivity index (χ3v) is 6.83. The minimum atomic E-state index is -0.0809. The molecule has 2 aliphatic rings. The zero-order valence-electron chi connectivity index (χ0n) is 19.9. The molecule has 1 unspecified atom stereocenters. The predicted octanol–water partition coefficient (Wildman–Crippen LogP) is 3.99. The van der Waals surface area contributed by atoms with Crippen LogP contribution >= 0.6 is 0 Å². The summed E-state index contributed by atoms with van der Waals surface area (Å²) in [6.45, 7) is 2.83. The van der Waals surface area contributed by atoms with E-state index in [0.717, 1.165) is 68.4 Å². The Hall–Kier alpha value is -3.14. The highest BCUT2D eigenvalue weighted by molar-refractivity contribution is 5.92. The van der Waals surface area contributed by atoms with Crippen molar-refractivity contribution in [3.63, 3.8) is 0 Å². The van der Waals surface area contributed by atoms with Crippen LogP contribution in [0.25, 0.3) is 22.4 Å². The summed E-state index contributed by atoms with van der Waals surface area (Å²) in [6, 6.07) is 8.47. The molecule has 9 heteroatoms. The Morgan fingerprint density at radius 1 is 1.23 bits per heavy atom. The molecule has 3 aromatic rings. The lowest BCUT2D eigenvalue weighted by Gasteiger charge is -2.24. The summed E-state index contributed by atoms with van der Waals surface area (Å²) in [5.74, 6) is 1.69. The van der Waals surface area contributed by atoms with Crippen molar-refractivity contribution in [3.8, 4) is 11.5 Å². The third-order valence-electron chi connectivity index (χ3n) is 6.83. The van der Waals surface area contributed by atoms with Crippen LogP contribution in [0.5, 0.6) is 0 Å². The lowest BCUT2D eigenvalue weighted by molar-refractivity contribution is -0.0365. The first-order valence-corrected chi connectivity index (χ1v) is 12.5. The molecule has 0 bridgehead atoms. The van der Waals surface area contributed by atoms with E-state index in [1.54, 1.807) is 18.5 Å². The van der Waals surface area contributed by atoms with E-state index in [1.807, 2.05) is 4.68 Å². The number of rotatable bonds is 8. The van der Waals surface area contributed by atoms with Crippen LogP contribution in [0.3, 0.4) is 0 Å². The number of nitrogens with one attached hydrogen (secondary N) is 3. The van der Waals surface area contributed by atoms with Crippen LogP contribution in [-0.4, -0.2) is 57.4 Å². The second kappa shape index (κ2) is 11.1. The van der Waals surface area contributed by atoms with E-state index in [9.17, 15) is 0 Å². The molecule has 0 saturated carbocycles. The molecule has 4 heterocycles. The molecule has 0 spiro atoms. The molecule has 2 fully saturated rings. The maximum atomic E-state index is 9.16. The van der Waals surface area contributed by atoms with Crippen LogP contribution in [0.1, 0.15) is 56.2 Å². The Balaban J connectivity index is 1.54. The number of aliphatic hydroxyl groups is 1. The van der Waals surface area contributed by atoms with Crippen molar-refractivity contribution >= 4 is 22.9 Å². The van der Waals surface area contributed by atoms with Gasteiger partial charge in [-0.05, 0) is 86.9 Å². The highest BCUT2D eigenvalue weighted by Gasteiger charge is 2.24. The summed E-state index contributed by atoms with van der Waals surface area (Å²) in [4.78, 5) is 9.29. The minimum Gasteiger partial charge on any atom is -0.396 e. The monoisotopic (exact) mass is 475 g/mol. The van der Waals surface area contributed by atoms with Crippen LogP contribution in [0, 0.1) is 5.41 Å². The highest BCUT2D eigenvalue weighted by Crippen LogP contribution is 2.35. The van der Waals surface area contributed by atoms with Crippen LogP contribution < -0.4 is 10.6 Å². The van der Waals surface area contributed by atoms with Crippen LogP contribution in [0.4, 0.5) is 5.82 Å². The number of benzene rings is 1. The van der Waals surface area contributed by atoms with Crippen LogP contribution in [0.2, 0.25) is 0 Å². The number of nitrogens with zero attached hydrogens (tertiary/aromatic N) is 4. The zero-order chi connectivity index (χ0) is 24.0. The van der Waals surface area contributed by atoms with Gasteiger partial charge in [-0.3, -0.25) is 0 Å². The van der Waals surface area contributed by atoms with E-state index < -0.39 is 0 Å². The Kier molecular flexibility index (Phi) is 7.46. The number of anilines is 1. The summed E-state index contributed by atoms with van der Waals surface area (Å²) < 4.78 is 8.09. The fourth-order valence-corrected chi connectivity index (χ4v) is 4.90. The first-order chi connectivity index (χ1) is 17.3. The van der Waals surface area contributed by atoms with Gasteiger partial charge in [0, 0.05) is 37.2 Å². The molecule has 5 rings (SSSR count). The van der Waals surface area contributed by atoms with Crippen molar-refractivity contribution in [3.05, 3.63) is 47.8 Å². The molecule has 2 saturated heterocycles. The first kappa shape index (κ1) is 23.6. The largest absolute Gasteiger partial charge is 0.396 e. The van der Waals surface area contributed by atoms with Gasteiger partial charge in [0.25, 0.3) is 0 Å². The molecule has 1 atom stereocenters. The third kappa shape index (κ3) is 5.27. The summed E-state index contributed by atoms with van der Waals surface area (Å²) >= 11 is 0. The van der Waals surface area contributed by atoms with Crippen LogP contribution in [-0.2, 0) is 4.74 Å². The summed E-state index contributed by atoms with van der Waals surface area (Å²) in [5.41, 5.74) is 3.81. The van der Waals surface area contributed by atoms with E-state index in [4.69, 9.17) is 25.3 Å². The molecule has 184 valence electrons. The summed E-state index contributed by atoms with van der Waals surface area (Å²) in [5, 5.41) is 29.3. The second-order valence-corrected chi connectivity index (χ2v) is 9.16. The summed E-state index contributed by atoms with van der Waals surface area (Å²) in [6.07, 6.45) is 10.4. The number of piperidine rings is 1. The number of ether oxygens (including phenoxy) is 1. The van der Waals surface area contributed by atoms with Gasteiger partial charge in [-0.1, -0.05) is 6.07 Å². The fourth-order valence-electron chi connectivity index (χ4n) is 4.90. The highest BCUT2D eigenvalue weighted by atomic mass is 16.5. The lowest BCUT2D eigenvalue weighted by atomic mass is 9.89. The molecule has 0 aliphatic carbocycles. The second-order valence-electron chi connectivity index (χ2n) is 9.16. The van der Waals surface area contributed by atoms with E-state index in [2.05, 4.69) is 33.8 Å². The van der Waals surface area contributed by atoms with Gasteiger partial charge in [0.05, 0.1) is 5.52 Å². The number of fused-ring (bicyclic) bond motifs is 1. The molecule has 0 amide bonds. The average Bonchev–Trinajstić information content (AvgIpc) is 3.31. The number of aromatic nitrogens is 4. The van der Waals surface area contributed by atoms with E-state index in [1.165, 1.54) is 11.8 Å². The minimum absolute atomic E-state index is 0.00995. The normalized spacial score (nSPS) is 19.7. The van der Waals surface area contributed by atoms with Crippen molar-refractivity contribution in [2.24, 2.45) is 0 Å². The SMILES string of the molecule is N=C/C(=C\Nc1ccnc(-c2nn(C3CCCCO3)c3ccc(C4CCNCC4)cc23)n1)CCO. The van der Waals surface area contributed by atoms with Crippen molar-refractivity contribution in [2.45, 2.75) is 50.7 Å². The van der Waals surface area contributed by atoms with Gasteiger partial charge in [0.1, 0.15) is 11.5 Å². The van der Waals surface area contributed by atoms with Crippen molar-refractivity contribution in [1.82, 2.24) is 25.1 Å². The molecule has 2 aromatic heterocycles. The van der Waals surface area contributed by atoms with Crippen molar-refractivity contribution < 1.29 is 9.84 Å². The molecular weight excluding hydrogens is 442 g/mol. The molecular formula is C26H33N7O2. The van der Waals surface area contributed by atoms with E-state index in [0.29, 0.717) is 29.6 Å². The van der Waals surface area contributed by atoms with Gasteiger partial charge >= 0.3 is 0 Å². The molecule has 1 aromatic carbocycles. The quantitative estimate of drug-likeness (QED) is 0.364. The average molecular weight is 476 g/mol. The summed E-state index contributed by atoms with van der Waals surface area (Å²) in [7, 11) is 0. The van der Waals surface area contributed by atoms with E-state index >= 15 is 0 Å². The Morgan fingerprint density at radius 3 is 2.89 bits per heavy atom. The fraction of sp³-hybridized carbons (Fsp3) is 0.462. The van der Waals surface area contributed by atoms with Crippen LogP contribution in [0.15, 0.2) is 42.2 Å². The number of hydrogen-bond donors (Lipinski definition) is 4. The first-order valence-electron chi connectivity index (χ1n) is 12.5. The maximum absolute atomic E-state index is 9.16. The molecule has 35 heavy (non-hydrogen) atoms. The standard InChI is InChI=1S/C26H33N7O2/c27-16-18(9-13-34)17-30-23-8-12-29-26(31-23)25-21-15-20(19-6-10-28-11-7-19)4-5-22(21)33(32-25)24-3-1-2-14-35-24/h4-5,8,12,15-17,19,24,27-28,34H,1-3,6-7,9-11,13-14H2,(H,29,30,31)/b18-17-,27-16?. The van der Waals surface area contributed by atoms with Gasteiger partial charge in [-0.2, -0.15) is 5.10 Å². The zero-order valence-corrected chi connectivity index (χ0v) is 19.9. The maximum Gasteiger partial charge on any atom is 0.182 e. The van der Waals surface area contributed by atoms with Gasteiger partial charge in [0.15, 0.2) is 12.1 Å². The van der Waals surface area contributed by atoms with Gasteiger partial charge in [0.2, 0.25) is 0 Å². The van der Waals surface area contributed by atoms with Gasteiger partial charge in [-0.15, -0.1) is 0 Å². The van der Waals surface area contributed by atoms with Crippen molar-refractivity contribution in [2.75, 3.05) is 31.6 Å². The Bertz CT molecular complexity index is 1190.